The van der Waals surface area contributed by atoms with E-state index in [0.29, 0.717) is 6.54 Å². The van der Waals surface area contributed by atoms with Crippen molar-refractivity contribution in [2.24, 2.45) is 13.0 Å². The summed E-state index contributed by atoms with van der Waals surface area (Å²) in [5.41, 5.74) is 0.802. The summed E-state index contributed by atoms with van der Waals surface area (Å²) < 4.78 is 6.73. The Balaban J connectivity index is 2.16. The van der Waals surface area contributed by atoms with Gasteiger partial charge in [0.25, 0.3) is 0 Å². The van der Waals surface area contributed by atoms with Crippen LogP contribution < -0.4 is 0 Å². The van der Waals surface area contributed by atoms with Gasteiger partial charge in [0.1, 0.15) is 6.61 Å². The molecule has 20 heavy (non-hydrogen) atoms. The van der Waals surface area contributed by atoms with E-state index in [9.17, 15) is 14.7 Å². The maximum absolute atomic E-state index is 11.8. The summed E-state index contributed by atoms with van der Waals surface area (Å²) in [6, 6.07) is 0. The van der Waals surface area contributed by atoms with Gasteiger partial charge in [-0.1, -0.05) is 12.7 Å². The topological polar surface area (TPSA) is 84.7 Å². The number of carbonyl (C=O) groups is 2. The zero-order valence-electron chi connectivity index (χ0n) is 11.2. The first-order valence-corrected chi connectivity index (χ1v) is 6.26. The molecule has 0 saturated carbocycles. The minimum atomic E-state index is -0.921. The van der Waals surface area contributed by atoms with Crippen molar-refractivity contribution < 1.29 is 19.4 Å². The highest BCUT2D eigenvalue weighted by atomic mass is 16.6. The standard InChI is InChI=1S/C13H17N3O4/c1-3-4-20-13(19)16-6-9(10(7-16)12(17)18)11-5-14-8-15(11)2/h3,5,8-10H,1,4,6-7H2,2H3,(H,17,18)/t9-,10-/m1/s1. The van der Waals surface area contributed by atoms with Crippen LogP contribution in [0.1, 0.15) is 11.6 Å². The van der Waals surface area contributed by atoms with Gasteiger partial charge in [0.05, 0.1) is 12.2 Å². The Bertz CT molecular complexity index is 525. The van der Waals surface area contributed by atoms with E-state index >= 15 is 0 Å². The number of carboxylic acids is 1. The van der Waals surface area contributed by atoms with E-state index in [4.69, 9.17) is 4.74 Å². The summed E-state index contributed by atoms with van der Waals surface area (Å²) in [5.74, 6) is -1.85. The van der Waals surface area contributed by atoms with Gasteiger partial charge in [-0.25, -0.2) is 9.78 Å². The van der Waals surface area contributed by atoms with Crippen LogP contribution in [0.15, 0.2) is 25.2 Å². The van der Waals surface area contributed by atoms with E-state index in [1.165, 1.54) is 11.0 Å². The number of amides is 1. The van der Waals surface area contributed by atoms with Gasteiger partial charge in [0.2, 0.25) is 0 Å². The maximum Gasteiger partial charge on any atom is 0.410 e. The zero-order chi connectivity index (χ0) is 14.7. The van der Waals surface area contributed by atoms with Gasteiger partial charge in [-0.2, -0.15) is 0 Å². The lowest BCUT2D eigenvalue weighted by atomic mass is 9.93. The highest BCUT2D eigenvalue weighted by molar-refractivity contribution is 5.75. The molecule has 1 aromatic rings. The molecule has 1 fully saturated rings. The van der Waals surface area contributed by atoms with Crippen LogP contribution in [0.25, 0.3) is 0 Å². The molecule has 7 heteroatoms. The molecule has 7 nitrogen and oxygen atoms in total. The molecule has 2 rings (SSSR count). The molecule has 1 aliphatic rings. The first-order chi connectivity index (χ1) is 9.54. The van der Waals surface area contributed by atoms with Crippen molar-refractivity contribution in [2.45, 2.75) is 5.92 Å². The number of hydrogen-bond donors (Lipinski definition) is 1. The van der Waals surface area contributed by atoms with E-state index in [-0.39, 0.29) is 19.1 Å². The van der Waals surface area contributed by atoms with Gasteiger partial charge in [-0.15, -0.1) is 0 Å². The summed E-state index contributed by atoms with van der Waals surface area (Å²) in [4.78, 5) is 28.6. The molecular weight excluding hydrogens is 262 g/mol. The Hall–Kier alpha value is -2.31. The fourth-order valence-corrected chi connectivity index (χ4v) is 2.45. The smallest absolute Gasteiger partial charge is 0.410 e. The number of hydrogen-bond acceptors (Lipinski definition) is 4. The largest absolute Gasteiger partial charge is 0.481 e. The lowest BCUT2D eigenvalue weighted by molar-refractivity contribution is -0.141. The predicted molar refractivity (Wildman–Crippen MR) is 70.2 cm³/mol. The summed E-state index contributed by atoms with van der Waals surface area (Å²) in [7, 11) is 1.81. The van der Waals surface area contributed by atoms with Crippen molar-refractivity contribution >= 4 is 12.1 Å². The SMILES string of the molecule is C=CCOC(=O)N1C[C@@H](C(=O)O)[C@H](c2cncn2C)C1. The molecule has 0 radical (unpaired) electrons. The number of ether oxygens (including phenoxy) is 1. The number of imidazole rings is 1. The molecule has 1 aliphatic heterocycles. The molecule has 0 unspecified atom stereocenters. The highest BCUT2D eigenvalue weighted by Gasteiger charge is 2.42. The lowest BCUT2D eigenvalue weighted by Gasteiger charge is -2.15. The van der Waals surface area contributed by atoms with Crippen molar-refractivity contribution in [3.63, 3.8) is 0 Å². The molecule has 0 bridgehead atoms. The number of aliphatic carboxylic acids is 1. The summed E-state index contributed by atoms with van der Waals surface area (Å²) >= 11 is 0. The average molecular weight is 279 g/mol. The van der Waals surface area contributed by atoms with E-state index < -0.39 is 18.0 Å². The third-order valence-electron chi connectivity index (χ3n) is 3.45. The number of nitrogens with zero attached hydrogens (tertiary/aromatic N) is 3. The molecule has 1 amide bonds. The van der Waals surface area contributed by atoms with Crippen molar-refractivity contribution in [1.29, 1.82) is 0 Å². The molecule has 0 aromatic carbocycles. The normalized spacial score (nSPS) is 21.8. The summed E-state index contributed by atoms with van der Waals surface area (Å²) in [5, 5.41) is 9.32. The molecule has 2 heterocycles. The van der Waals surface area contributed by atoms with Crippen LogP contribution in [0.5, 0.6) is 0 Å². The predicted octanol–water partition coefficient (Wildman–Crippen LogP) is 0.843. The van der Waals surface area contributed by atoms with E-state index in [1.54, 1.807) is 24.1 Å². The number of carbonyl (C=O) groups excluding carboxylic acids is 1. The van der Waals surface area contributed by atoms with Gasteiger partial charge in [-0.3, -0.25) is 4.79 Å². The van der Waals surface area contributed by atoms with Crippen LogP contribution in [0, 0.1) is 5.92 Å². The Morgan fingerprint density at radius 1 is 1.60 bits per heavy atom. The number of likely N-dealkylation sites (tertiary alicyclic amines) is 1. The highest BCUT2D eigenvalue weighted by Crippen LogP contribution is 2.32. The van der Waals surface area contributed by atoms with Crippen LogP contribution in [0.3, 0.4) is 0 Å². The Kier molecular flexibility index (Phi) is 4.07. The second-order valence-electron chi connectivity index (χ2n) is 4.75. The molecule has 2 atom stereocenters. The Labute approximate surface area is 116 Å². The van der Waals surface area contributed by atoms with Gasteiger partial charge in [-0.05, 0) is 0 Å². The minimum Gasteiger partial charge on any atom is -0.481 e. The molecule has 108 valence electrons. The molecule has 1 N–H and O–H groups in total. The van der Waals surface area contributed by atoms with Crippen LogP contribution >= 0.6 is 0 Å². The second kappa shape index (κ2) is 5.77. The van der Waals surface area contributed by atoms with Crippen molar-refractivity contribution in [1.82, 2.24) is 14.5 Å². The number of carboxylic acid groups (broad SMARTS) is 1. The monoisotopic (exact) mass is 279 g/mol. The maximum atomic E-state index is 11.8. The fourth-order valence-electron chi connectivity index (χ4n) is 2.45. The van der Waals surface area contributed by atoms with Crippen LogP contribution in [-0.2, 0) is 16.6 Å². The second-order valence-corrected chi connectivity index (χ2v) is 4.75. The van der Waals surface area contributed by atoms with E-state index in [0.717, 1.165) is 5.69 Å². The van der Waals surface area contributed by atoms with Crippen LogP contribution in [0.2, 0.25) is 0 Å². The number of rotatable bonds is 4. The van der Waals surface area contributed by atoms with Crippen molar-refractivity contribution in [2.75, 3.05) is 19.7 Å². The molecule has 0 spiro atoms. The third kappa shape index (κ3) is 2.66. The number of aryl methyl sites for hydroxylation is 1. The van der Waals surface area contributed by atoms with Crippen molar-refractivity contribution in [3.8, 4) is 0 Å². The van der Waals surface area contributed by atoms with Crippen LogP contribution in [-0.4, -0.2) is 51.3 Å². The first kappa shape index (κ1) is 14.1. The summed E-state index contributed by atoms with van der Waals surface area (Å²) in [6.45, 7) is 4.03. The van der Waals surface area contributed by atoms with Gasteiger partial charge in [0, 0.05) is 37.9 Å². The molecule has 1 saturated heterocycles. The van der Waals surface area contributed by atoms with Gasteiger partial charge < -0.3 is 19.3 Å². The van der Waals surface area contributed by atoms with Crippen molar-refractivity contribution in [3.05, 3.63) is 30.9 Å². The zero-order valence-corrected chi connectivity index (χ0v) is 11.2. The quantitative estimate of drug-likeness (QED) is 0.826. The van der Waals surface area contributed by atoms with Crippen LogP contribution in [0.4, 0.5) is 4.79 Å². The molecule has 0 aliphatic carbocycles. The summed E-state index contributed by atoms with van der Waals surface area (Å²) in [6.07, 6.45) is 4.22. The lowest BCUT2D eigenvalue weighted by Crippen LogP contribution is -2.30. The Morgan fingerprint density at radius 2 is 2.35 bits per heavy atom. The average Bonchev–Trinajstić information content (AvgIpc) is 3.01. The first-order valence-electron chi connectivity index (χ1n) is 6.26. The molecule has 1 aromatic heterocycles. The van der Waals surface area contributed by atoms with E-state index in [2.05, 4.69) is 11.6 Å². The van der Waals surface area contributed by atoms with E-state index in [1.807, 2.05) is 0 Å². The van der Waals surface area contributed by atoms with Gasteiger partial charge in [0.15, 0.2) is 0 Å². The fraction of sp³-hybridized carbons (Fsp3) is 0.462. The third-order valence-corrected chi connectivity index (χ3v) is 3.45. The molecular formula is C13H17N3O4. The minimum absolute atomic E-state index is 0.115. The van der Waals surface area contributed by atoms with Gasteiger partial charge >= 0.3 is 12.1 Å². The Morgan fingerprint density at radius 3 is 2.90 bits per heavy atom. The number of aromatic nitrogens is 2.